The van der Waals surface area contributed by atoms with Crippen LogP contribution in [0.5, 0.6) is 0 Å². The summed E-state index contributed by atoms with van der Waals surface area (Å²) in [7, 11) is 0. The minimum absolute atomic E-state index is 0.374. The Balaban J connectivity index is 1.70. The smallest absolute Gasteiger partial charge is 0.326 e. The van der Waals surface area contributed by atoms with E-state index in [1.165, 1.54) is 4.90 Å². The summed E-state index contributed by atoms with van der Waals surface area (Å²) >= 11 is 0. The van der Waals surface area contributed by atoms with E-state index in [9.17, 15) is 19.5 Å². The first kappa shape index (κ1) is 16.9. The number of carboxylic acid groups (broad SMARTS) is 1. The van der Waals surface area contributed by atoms with Gasteiger partial charge >= 0.3 is 5.97 Å². The van der Waals surface area contributed by atoms with Crippen molar-refractivity contribution in [1.82, 2.24) is 15.2 Å². The molecule has 7 heteroatoms. The van der Waals surface area contributed by atoms with Gasteiger partial charge in [-0.25, -0.2) is 4.79 Å². The molecule has 2 aromatic rings. The largest absolute Gasteiger partial charge is 0.480 e. The Morgan fingerprint density at radius 2 is 2.12 bits per heavy atom. The molecule has 0 spiro atoms. The molecule has 1 aliphatic heterocycles. The molecule has 2 heterocycles. The summed E-state index contributed by atoms with van der Waals surface area (Å²) in [6, 6.07) is 7.15. The minimum atomic E-state index is -1.01. The summed E-state index contributed by atoms with van der Waals surface area (Å²) in [4.78, 5) is 41.6. The number of benzene rings is 1. The molecule has 1 aromatic carbocycles. The molecule has 2 N–H and O–H groups in total. The van der Waals surface area contributed by atoms with Crippen molar-refractivity contribution in [2.45, 2.75) is 31.8 Å². The second kappa shape index (κ2) is 6.88. The zero-order valence-electron chi connectivity index (χ0n) is 13.8. The van der Waals surface area contributed by atoms with Crippen molar-refractivity contribution in [1.29, 1.82) is 0 Å². The van der Waals surface area contributed by atoms with E-state index in [1.54, 1.807) is 37.4 Å². The summed E-state index contributed by atoms with van der Waals surface area (Å²) in [6.07, 6.45) is 2.78. The second-order valence-electron chi connectivity index (χ2n) is 6.13. The summed E-state index contributed by atoms with van der Waals surface area (Å²) < 4.78 is 0. The highest BCUT2D eigenvalue weighted by Gasteiger charge is 2.36. The lowest BCUT2D eigenvalue weighted by atomic mass is 10.1. The molecular formula is C18H19N3O4. The number of carboxylic acids is 1. The molecule has 7 nitrogen and oxygen atoms in total. The third kappa shape index (κ3) is 3.45. The standard InChI is InChI=1S/C18H19N3O4/c1-11(17(23)21-9-3-5-15(21)18(24)25)20-16(22)13-6-7-14-12(10-13)4-2-8-19-14/h2,4,6-8,10-11,15H,3,5,9H2,1H3,(H,20,22)(H,24,25)/t11-,15+/m0/s1. The number of aliphatic carboxylic acids is 1. The van der Waals surface area contributed by atoms with E-state index in [0.717, 1.165) is 10.9 Å². The van der Waals surface area contributed by atoms with E-state index >= 15 is 0 Å². The number of nitrogens with zero attached hydrogens (tertiary/aromatic N) is 2. The first-order chi connectivity index (χ1) is 12.0. The Morgan fingerprint density at radius 1 is 1.32 bits per heavy atom. The van der Waals surface area contributed by atoms with E-state index in [0.29, 0.717) is 24.9 Å². The molecule has 1 aliphatic rings. The van der Waals surface area contributed by atoms with Gasteiger partial charge in [-0.2, -0.15) is 0 Å². The Morgan fingerprint density at radius 3 is 2.88 bits per heavy atom. The van der Waals surface area contributed by atoms with Crippen LogP contribution in [-0.2, 0) is 9.59 Å². The number of likely N-dealkylation sites (tertiary alicyclic amines) is 1. The Kier molecular flexibility index (Phi) is 4.65. The molecule has 2 atom stereocenters. The fraction of sp³-hybridized carbons (Fsp3) is 0.333. The third-order valence-electron chi connectivity index (χ3n) is 4.40. The zero-order valence-corrected chi connectivity index (χ0v) is 13.8. The molecule has 0 saturated carbocycles. The fourth-order valence-corrected chi connectivity index (χ4v) is 3.09. The van der Waals surface area contributed by atoms with Crippen LogP contribution in [0.3, 0.4) is 0 Å². The molecule has 0 bridgehead atoms. The van der Waals surface area contributed by atoms with Crippen LogP contribution in [0.25, 0.3) is 10.9 Å². The van der Waals surface area contributed by atoms with Crippen molar-refractivity contribution in [3.05, 3.63) is 42.1 Å². The van der Waals surface area contributed by atoms with Crippen LogP contribution in [0.2, 0.25) is 0 Å². The predicted octanol–water partition coefficient (Wildman–Crippen LogP) is 1.43. The summed E-state index contributed by atoms with van der Waals surface area (Å²) in [5.74, 6) is -1.76. The summed E-state index contributed by atoms with van der Waals surface area (Å²) in [5, 5.41) is 12.7. The quantitative estimate of drug-likeness (QED) is 0.876. The van der Waals surface area contributed by atoms with Gasteiger partial charge in [0.15, 0.2) is 0 Å². The predicted molar refractivity (Wildman–Crippen MR) is 91.0 cm³/mol. The maximum Gasteiger partial charge on any atom is 0.326 e. The molecule has 0 unspecified atom stereocenters. The van der Waals surface area contributed by atoms with Crippen LogP contribution in [0, 0.1) is 0 Å². The van der Waals surface area contributed by atoms with Crippen molar-refractivity contribution >= 4 is 28.7 Å². The van der Waals surface area contributed by atoms with Gasteiger partial charge in [-0.1, -0.05) is 6.07 Å². The lowest BCUT2D eigenvalue weighted by Crippen LogP contribution is -2.50. The SMILES string of the molecule is C[C@H](NC(=O)c1ccc2ncccc2c1)C(=O)N1CCC[C@@H]1C(=O)O. The molecule has 130 valence electrons. The van der Waals surface area contributed by atoms with E-state index in [4.69, 9.17) is 0 Å². The zero-order chi connectivity index (χ0) is 18.0. The van der Waals surface area contributed by atoms with Gasteiger partial charge in [0, 0.05) is 23.7 Å². The van der Waals surface area contributed by atoms with Crippen LogP contribution in [0.1, 0.15) is 30.1 Å². The number of carbonyl (C=O) groups excluding carboxylic acids is 2. The molecule has 1 saturated heterocycles. The van der Waals surface area contributed by atoms with Gasteiger partial charge in [0.05, 0.1) is 5.52 Å². The average Bonchev–Trinajstić information content (AvgIpc) is 3.10. The summed E-state index contributed by atoms with van der Waals surface area (Å²) in [6.45, 7) is 1.97. The molecule has 0 aliphatic carbocycles. The molecule has 25 heavy (non-hydrogen) atoms. The number of hydrogen-bond donors (Lipinski definition) is 2. The second-order valence-corrected chi connectivity index (χ2v) is 6.13. The first-order valence-electron chi connectivity index (χ1n) is 8.16. The maximum atomic E-state index is 12.5. The number of rotatable bonds is 4. The molecule has 1 aromatic heterocycles. The molecule has 3 rings (SSSR count). The van der Waals surface area contributed by atoms with Gasteiger partial charge in [0.1, 0.15) is 12.1 Å². The van der Waals surface area contributed by atoms with Crippen LogP contribution in [0.15, 0.2) is 36.5 Å². The van der Waals surface area contributed by atoms with Gasteiger partial charge in [-0.05, 0) is 44.0 Å². The van der Waals surface area contributed by atoms with Crippen molar-refractivity contribution in [3.63, 3.8) is 0 Å². The Hall–Kier alpha value is -2.96. The van der Waals surface area contributed by atoms with E-state index in [2.05, 4.69) is 10.3 Å². The number of fused-ring (bicyclic) bond motifs is 1. The van der Waals surface area contributed by atoms with E-state index in [1.807, 2.05) is 6.07 Å². The van der Waals surface area contributed by atoms with Gasteiger partial charge in [0.25, 0.3) is 5.91 Å². The van der Waals surface area contributed by atoms with Crippen molar-refractivity contribution in [2.75, 3.05) is 6.54 Å². The van der Waals surface area contributed by atoms with Crippen molar-refractivity contribution in [3.8, 4) is 0 Å². The van der Waals surface area contributed by atoms with E-state index in [-0.39, 0.29) is 11.8 Å². The maximum absolute atomic E-state index is 12.5. The number of amides is 2. The van der Waals surface area contributed by atoms with Crippen LogP contribution in [0.4, 0.5) is 0 Å². The molecule has 1 fully saturated rings. The highest BCUT2D eigenvalue weighted by Crippen LogP contribution is 2.19. The number of pyridine rings is 1. The summed E-state index contributed by atoms with van der Waals surface area (Å²) in [5.41, 5.74) is 1.21. The number of nitrogens with one attached hydrogen (secondary N) is 1. The average molecular weight is 341 g/mol. The topological polar surface area (TPSA) is 99.6 Å². The number of carbonyl (C=O) groups is 3. The Bertz CT molecular complexity index is 836. The van der Waals surface area contributed by atoms with Crippen molar-refractivity contribution < 1.29 is 19.5 Å². The molecule has 0 radical (unpaired) electrons. The van der Waals surface area contributed by atoms with Crippen LogP contribution >= 0.6 is 0 Å². The van der Waals surface area contributed by atoms with Gasteiger partial charge < -0.3 is 15.3 Å². The van der Waals surface area contributed by atoms with E-state index < -0.39 is 18.1 Å². The highest BCUT2D eigenvalue weighted by molar-refractivity contribution is 6.00. The van der Waals surface area contributed by atoms with Crippen LogP contribution < -0.4 is 5.32 Å². The minimum Gasteiger partial charge on any atom is -0.480 e. The van der Waals surface area contributed by atoms with Gasteiger partial charge in [-0.15, -0.1) is 0 Å². The first-order valence-corrected chi connectivity index (χ1v) is 8.16. The van der Waals surface area contributed by atoms with Crippen molar-refractivity contribution in [2.24, 2.45) is 0 Å². The molecule has 2 amide bonds. The highest BCUT2D eigenvalue weighted by atomic mass is 16.4. The number of aromatic nitrogens is 1. The lowest BCUT2D eigenvalue weighted by molar-refractivity contribution is -0.148. The lowest BCUT2D eigenvalue weighted by Gasteiger charge is -2.25. The van der Waals surface area contributed by atoms with Gasteiger partial charge in [0.2, 0.25) is 5.91 Å². The monoisotopic (exact) mass is 341 g/mol. The third-order valence-corrected chi connectivity index (χ3v) is 4.40. The molecular weight excluding hydrogens is 322 g/mol. The Labute approximate surface area is 144 Å². The fourth-order valence-electron chi connectivity index (χ4n) is 3.09. The normalized spacial score (nSPS) is 18.1. The van der Waals surface area contributed by atoms with Gasteiger partial charge in [-0.3, -0.25) is 14.6 Å². The van der Waals surface area contributed by atoms with Crippen LogP contribution in [-0.4, -0.2) is 51.4 Å². The number of hydrogen-bond acceptors (Lipinski definition) is 4.